The largest absolute Gasteiger partial charge is 0.389 e. The summed E-state index contributed by atoms with van der Waals surface area (Å²) in [5.41, 5.74) is 0.686. The molecule has 174 valence electrons. The van der Waals surface area contributed by atoms with Crippen LogP contribution in [0, 0.1) is 34.5 Å². The SMILES string of the molecule is C[C@]12CC[C@H](OC3CCCCO3)C[C@H]1CC[C@H]1[C@@H]3[C@H](O)C=C(C(=O)CO)[C@@]3(C)CC[C@@H]12. The minimum Gasteiger partial charge on any atom is -0.389 e. The molecule has 0 radical (unpaired) electrons. The Morgan fingerprint density at radius 1 is 1.16 bits per heavy atom. The van der Waals surface area contributed by atoms with Crippen molar-refractivity contribution >= 4 is 5.78 Å². The summed E-state index contributed by atoms with van der Waals surface area (Å²) in [7, 11) is 0. The van der Waals surface area contributed by atoms with E-state index < -0.39 is 12.7 Å². The van der Waals surface area contributed by atoms with Crippen LogP contribution in [0.1, 0.15) is 78.1 Å². The zero-order chi connectivity index (χ0) is 21.8. The van der Waals surface area contributed by atoms with Gasteiger partial charge in [0.1, 0.15) is 6.61 Å². The molecule has 0 aromatic heterocycles. The highest BCUT2D eigenvalue weighted by Crippen LogP contribution is 2.66. The van der Waals surface area contributed by atoms with Crippen LogP contribution in [0.4, 0.5) is 0 Å². The summed E-state index contributed by atoms with van der Waals surface area (Å²) in [5.74, 6) is 1.63. The summed E-state index contributed by atoms with van der Waals surface area (Å²) in [6.07, 6.45) is 12.7. The Morgan fingerprint density at radius 3 is 2.74 bits per heavy atom. The fraction of sp³-hybridized carbons (Fsp3) is 0.885. The van der Waals surface area contributed by atoms with Crippen molar-refractivity contribution in [2.24, 2.45) is 34.5 Å². The van der Waals surface area contributed by atoms with Gasteiger partial charge in [0.2, 0.25) is 0 Å². The molecule has 5 heteroatoms. The number of Topliss-reactive ketones (excluding diaryl/α,β-unsaturated/α-hetero) is 1. The van der Waals surface area contributed by atoms with Crippen LogP contribution in [0.15, 0.2) is 11.6 Å². The van der Waals surface area contributed by atoms with E-state index in [4.69, 9.17) is 9.47 Å². The third kappa shape index (κ3) is 3.55. The average Bonchev–Trinajstić information content (AvgIpc) is 3.05. The Hall–Kier alpha value is -0.750. The van der Waals surface area contributed by atoms with Crippen LogP contribution in [0.25, 0.3) is 0 Å². The highest BCUT2D eigenvalue weighted by atomic mass is 16.7. The lowest BCUT2D eigenvalue weighted by atomic mass is 9.44. The molecular weight excluding hydrogens is 392 g/mol. The first-order valence-electron chi connectivity index (χ1n) is 12.7. The number of hydrogen-bond donors (Lipinski definition) is 2. The smallest absolute Gasteiger partial charge is 0.184 e. The van der Waals surface area contributed by atoms with Crippen molar-refractivity contribution in [1.82, 2.24) is 0 Å². The highest BCUT2D eigenvalue weighted by Gasteiger charge is 2.61. The topological polar surface area (TPSA) is 76.0 Å². The van der Waals surface area contributed by atoms with Crippen molar-refractivity contribution in [1.29, 1.82) is 0 Å². The lowest BCUT2D eigenvalue weighted by Crippen LogP contribution is -2.55. The van der Waals surface area contributed by atoms with Crippen LogP contribution < -0.4 is 0 Å². The van der Waals surface area contributed by atoms with Gasteiger partial charge in [-0.15, -0.1) is 0 Å². The Morgan fingerprint density at radius 2 is 2.00 bits per heavy atom. The van der Waals surface area contributed by atoms with E-state index in [2.05, 4.69) is 13.8 Å². The minimum absolute atomic E-state index is 0.00275. The molecule has 2 N–H and O–H groups in total. The van der Waals surface area contributed by atoms with Crippen molar-refractivity contribution in [3.63, 3.8) is 0 Å². The average molecular weight is 433 g/mol. The van der Waals surface area contributed by atoms with Crippen LogP contribution in [-0.4, -0.2) is 47.7 Å². The molecular formula is C26H40O5. The maximum atomic E-state index is 12.4. The van der Waals surface area contributed by atoms with Gasteiger partial charge in [0.05, 0.1) is 12.2 Å². The number of fused-ring (bicyclic) bond motifs is 5. The van der Waals surface area contributed by atoms with E-state index in [0.29, 0.717) is 34.8 Å². The van der Waals surface area contributed by atoms with Crippen molar-refractivity contribution in [3.8, 4) is 0 Å². The van der Waals surface area contributed by atoms with Gasteiger partial charge in [0.25, 0.3) is 0 Å². The molecule has 5 aliphatic rings. The van der Waals surface area contributed by atoms with Gasteiger partial charge in [-0.1, -0.05) is 13.8 Å². The Labute approximate surface area is 186 Å². The highest BCUT2D eigenvalue weighted by molar-refractivity contribution is 5.98. The third-order valence-electron chi connectivity index (χ3n) is 10.1. The van der Waals surface area contributed by atoms with Gasteiger partial charge in [-0.3, -0.25) is 4.79 Å². The Balaban J connectivity index is 1.30. The minimum atomic E-state index is -0.563. The zero-order valence-electron chi connectivity index (χ0n) is 19.2. The first-order valence-corrected chi connectivity index (χ1v) is 12.7. The summed E-state index contributed by atoms with van der Waals surface area (Å²) in [4.78, 5) is 12.4. The second-order valence-corrected chi connectivity index (χ2v) is 11.5. The van der Waals surface area contributed by atoms with E-state index in [1.807, 2.05) is 0 Å². The number of carbonyl (C=O) groups excluding carboxylic acids is 1. The van der Waals surface area contributed by atoms with Gasteiger partial charge in [-0.25, -0.2) is 0 Å². The molecule has 9 atom stereocenters. The van der Waals surface area contributed by atoms with Crippen LogP contribution >= 0.6 is 0 Å². The molecule has 4 aliphatic carbocycles. The molecule has 5 nitrogen and oxygen atoms in total. The first kappa shape index (κ1) is 22.1. The van der Waals surface area contributed by atoms with Gasteiger partial charge in [-0.05, 0) is 93.5 Å². The lowest BCUT2D eigenvalue weighted by molar-refractivity contribution is -0.212. The summed E-state index contributed by atoms with van der Waals surface area (Å²) in [6, 6.07) is 0. The molecule has 0 spiro atoms. The molecule has 4 fully saturated rings. The van der Waals surface area contributed by atoms with Gasteiger partial charge in [0, 0.05) is 23.5 Å². The van der Waals surface area contributed by atoms with Crippen molar-refractivity contribution in [3.05, 3.63) is 11.6 Å². The van der Waals surface area contributed by atoms with Crippen molar-refractivity contribution < 1.29 is 24.5 Å². The quantitative estimate of drug-likeness (QED) is 0.657. The molecule has 31 heavy (non-hydrogen) atoms. The molecule has 0 amide bonds. The van der Waals surface area contributed by atoms with E-state index >= 15 is 0 Å². The van der Waals surface area contributed by atoms with Crippen LogP contribution in [0.2, 0.25) is 0 Å². The monoisotopic (exact) mass is 432 g/mol. The zero-order valence-corrected chi connectivity index (χ0v) is 19.2. The van der Waals surface area contributed by atoms with Gasteiger partial charge < -0.3 is 19.7 Å². The van der Waals surface area contributed by atoms with Gasteiger partial charge >= 0.3 is 0 Å². The molecule has 0 aromatic carbocycles. The summed E-state index contributed by atoms with van der Waals surface area (Å²) < 4.78 is 12.2. The van der Waals surface area contributed by atoms with E-state index in [1.54, 1.807) is 6.08 Å². The van der Waals surface area contributed by atoms with Crippen molar-refractivity contribution in [2.75, 3.05) is 13.2 Å². The maximum Gasteiger partial charge on any atom is 0.184 e. The van der Waals surface area contributed by atoms with Gasteiger partial charge in [-0.2, -0.15) is 0 Å². The Bertz CT molecular complexity index is 727. The number of hydrogen-bond acceptors (Lipinski definition) is 5. The number of rotatable bonds is 4. The second-order valence-electron chi connectivity index (χ2n) is 11.5. The normalized spacial score (nSPS) is 49.5. The van der Waals surface area contributed by atoms with E-state index in [1.165, 1.54) is 19.3 Å². The molecule has 1 saturated heterocycles. The van der Waals surface area contributed by atoms with Crippen molar-refractivity contribution in [2.45, 2.75) is 96.6 Å². The van der Waals surface area contributed by atoms with E-state index in [-0.39, 0.29) is 23.4 Å². The van der Waals surface area contributed by atoms with E-state index in [9.17, 15) is 15.0 Å². The molecule has 1 unspecified atom stereocenters. The summed E-state index contributed by atoms with van der Waals surface area (Å²) in [5, 5.41) is 20.5. The summed E-state index contributed by atoms with van der Waals surface area (Å²) in [6.45, 7) is 5.03. The first-order chi connectivity index (χ1) is 14.9. The third-order valence-corrected chi connectivity index (χ3v) is 10.1. The van der Waals surface area contributed by atoms with Crippen LogP contribution in [-0.2, 0) is 14.3 Å². The number of carbonyl (C=O) groups is 1. The van der Waals surface area contributed by atoms with Crippen LogP contribution in [0.5, 0.6) is 0 Å². The lowest BCUT2D eigenvalue weighted by Gasteiger charge is -2.61. The molecule has 5 rings (SSSR count). The number of aliphatic hydroxyl groups is 2. The fourth-order valence-electron chi connectivity index (χ4n) is 8.53. The fourth-order valence-corrected chi connectivity index (χ4v) is 8.53. The Kier molecular flexibility index (Phi) is 5.86. The summed E-state index contributed by atoms with van der Waals surface area (Å²) >= 11 is 0. The predicted octanol–water partition coefficient (Wildman–Crippen LogP) is 4.01. The second kappa shape index (κ2) is 8.23. The molecule has 0 aromatic rings. The number of ether oxygens (including phenoxy) is 2. The molecule has 3 saturated carbocycles. The predicted molar refractivity (Wildman–Crippen MR) is 117 cm³/mol. The van der Waals surface area contributed by atoms with E-state index in [0.717, 1.165) is 51.6 Å². The van der Waals surface area contributed by atoms with Gasteiger partial charge in [0.15, 0.2) is 12.1 Å². The number of aliphatic hydroxyl groups excluding tert-OH is 2. The maximum absolute atomic E-state index is 12.4. The standard InChI is InChI=1S/C26H40O5/c1-25-10-8-17(31-23-5-3-4-12-30-23)13-16(25)6-7-18-19(25)9-11-26(2)20(22(29)15-27)14-21(28)24(18)26/h14,16-19,21,23-24,27-28H,3-13,15H2,1-2H3/t16-,17+,18-,19+,21-,23?,24-,25+,26-/m1/s1. The van der Waals surface area contributed by atoms with Crippen LogP contribution in [0.3, 0.4) is 0 Å². The molecule has 0 bridgehead atoms. The molecule has 1 heterocycles. The molecule has 1 aliphatic heterocycles. The number of ketones is 1.